The van der Waals surface area contributed by atoms with Gasteiger partial charge in [0, 0.05) is 49.1 Å². The molecule has 5 fully saturated rings. The molecule has 0 aromatic heterocycles. The van der Waals surface area contributed by atoms with Gasteiger partial charge in [-0.25, -0.2) is 10.9 Å². The van der Waals surface area contributed by atoms with Crippen molar-refractivity contribution >= 4 is 17.5 Å². The zero-order valence-electron chi connectivity index (χ0n) is 21.9. The second-order valence-electron chi connectivity index (χ2n) is 11.7. The van der Waals surface area contributed by atoms with Crippen LogP contribution < -0.4 is 32.1 Å². The maximum Gasteiger partial charge on any atom is 0.223 e. The smallest absolute Gasteiger partial charge is 0.223 e. The van der Waals surface area contributed by atoms with Crippen molar-refractivity contribution in [1.82, 2.24) is 37.0 Å². The number of carbonyl (C=O) groups excluding carboxylic acids is 1. The van der Waals surface area contributed by atoms with Crippen molar-refractivity contribution in [1.29, 1.82) is 0 Å². The molecule has 206 valence electrons. The van der Waals surface area contributed by atoms with E-state index in [0.717, 1.165) is 90.7 Å². The van der Waals surface area contributed by atoms with E-state index in [-0.39, 0.29) is 29.4 Å². The highest BCUT2D eigenvalue weighted by Gasteiger charge is 2.42. The van der Waals surface area contributed by atoms with Crippen molar-refractivity contribution in [2.45, 2.75) is 101 Å². The zero-order valence-corrected chi connectivity index (χ0v) is 22.7. The normalized spacial score (nSPS) is 42.1. The summed E-state index contributed by atoms with van der Waals surface area (Å²) in [4.78, 5) is 15.9. The molecule has 0 radical (unpaired) electrons. The highest BCUT2D eigenvalue weighted by molar-refractivity contribution is 6.20. The number of rotatable bonds is 8. The molecule has 5 aliphatic rings. The monoisotopic (exact) mass is 525 g/mol. The molecule has 10 heteroatoms. The van der Waals surface area contributed by atoms with Gasteiger partial charge in [-0.1, -0.05) is 19.8 Å². The van der Waals surface area contributed by atoms with Crippen LogP contribution in [0.4, 0.5) is 0 Å². The topological polar surface area (TPSA) is 102 Å². The van der Waals surface area contributed by atoms with Gasteiger partial charge in [-0.2, -0.15) is 0 Å². The Bertz CT molecular complexity index is 712. The maximum absolute atomic E-state index is 13.3. The molecule has 2 aliphatic carbocycles. The number of ether oxygens (including phenoxy) is 1. The summed E-state index contributed by atoms with van der Waals surface area (Å²) in [6, 6.07) is 0.941. The van der Waals surface area contributed by atoms with E-state index in [9.17, 15) is 4.79 Å². The Hall–Kier alpha value is -0.520. The van der Waals surface area contributed by atoms with Gasteiger partial charge in [-0.15, -0.1) is 11.6 Å². The molecule has 0 aromatic rings. The number of halogens is 1. The van der Waals surface area contributed by atoms with Crippen LogP contribution in [0.2, 0.25) is 0 Å². The minimum Gasteiger partial charge on any atom is -0.379 e. The summed E-state index contributed by atoms with van der Waals surface area (Å²) in [6.45, 7) is 7.50. The molecule has 8 unspecified atom stereocenters. The first kappa shape index (κ1) is 27.1. The fraction of sp³-hybridized carbons (Fsp3) is 0.962. The minimum atomic E-state index is 0.0834. The van der Waals surface area contributed by atoms with Gasteiger partial charge >= 0.3 is 0 Å². The Morgan fingerprint density at radius 1 is 1.08 bits per heavy atom. The number of hydrogen-bond donors (Lipinski definition) is 6. The SMILES string of the molecule is CCCN1C(CNC2CCCC(C(=O)N[C@@H]3COCC4C(Cl)CCCC43)C2)NNC1C1CCNCN1. The molecule has 9 nitrogen and oxygen atoms in total. The first-order chi connectivity index (χ1) is 17.6. The first-order valence-corrected chi connectivity index (χ1v) is 15.0. The molecular weight excluding hydrogens is 478 g/mol. The van der Waals surface area contributed by atoms with Gasteiger partial charge in [-0.3, -0.25) is 15.0 Å². The molecule has 3 aliphatic heterocycles. The van der Waals surface area contributed by atoms with E-state index in [1.54, 1.807) is 0 Å². The van der Waals surface area contributed by atoms with E-state index >= 15 is 0 Å². The summed E-state index contributed by atoms with van der Waals surface area (Å²) in [5.74, 6) is 1.14. The number of nitrogens with zero attached hydrogens (tertiary/aromatic N) is 1. The van der Waals surface area contributed by atoms with Gasteiger partial charge in [0.2, 0.25) is 5.91 Å². The number of hydrazine groups is 1. The second-order valence-corrected chi connectivity index (χ2v) is 12.2. The predicted molar refractivity (Wildman–Crippen MR) is 142 cm³/mol. The third-order valence-corrected chi connectivity index (χ3v) is 9.81. The molecule has 9 atom stereocenters. The number of hydrogen-bond acceptors (Lipinski definition) is 8. The predicted octanol–water partition coefficient (Wildman–Crippen LogP) is 1.05. The van der Waals surface area contributed by atoms with E-state index in [4.69, 9.17) is 16.3 Å². The van der Waals surface area contributed by atoms with Crippen molar-refractivity contribution < 1.29 is 9.53 Å². The molecule has 0 aromatic carbocycles. The van der Waals surface area contributed by atoms with E-state index in [1.165, 1.54) is 0 Å². The van der Waals surface area contributed by atoms with Crippen molar-refractivity contribution in [3.8, 4) is 0 Å². The molecule has 0 bridgehead atoms. The number of carbonyl (C=O) groups is 1. The second kappa shape index (κ2) is 13.0. The third-order valence-electron chi connectivity index (χ3n) is 9.27. The summed E-state index contributed by atoms with van der Waals surface area (Å²) in [5, 5.41) is 14.4. The third kappa shape index (κ3) is 6.37. The van der Waals surface area contributed by atoms with Gasteiger partial charge < -0.3 is 20.7 Å². The summed E-state index contributed by atoms with van der Waals surface area (Å²) in [6.07, 6.45) is 10.3. The van der Waals surface area contributed by atoms with Gasteiger partial charge in [0.25, 0.3) is 0 Å². The van der Waals surface area contributed by atoms with Crippen LogP contribution in [0.1, 0.15) is 64.7 Å². The minimum absolute atomic E-state index is 0.0834. The van der Waals surface area contributed by atoms with Crippen LogP contribution in [0.25, 0.3) is 0 Å². The molecule has 0 spiro atoms. The lowest BCUT2D eigenvalue weighted by Gasteiger charge is -2.44. The molecular formula is C26H48ClN7O2. The average Bonchev–Trinajstić information content (AvgIpc) is 3.31. The Morgan fingerprint density at radius 2 is 1.97 bits per heavy atom. The van der Waals surface area contributed by atoms with Crippen LogP contribution in [-0.2, 0) is 9.53 Å². The Morgan fingerprint density at radius 3 is 2.81 bits per heavy atom. The molecule has 1 amide bonds. The Kier molecular flexibility index (Phi) is 9.79. The lowest BCUT2D eigenvalue weighted by Crippen LogP contribution is -2.59. The number of amides is 1. The lowest BCUT2D eigenvalue weighted by molar-refractivity contribution is -0.129. The quantitative estimate of drug-likeness (QED) is 0.262. The Balaban J connectivity index is 1.10. The highest BCUT2D eigenvalue weighted by atomic mass is 35.5. The largest absolute Gasteiger partial charge is 0.379 e. The molecule has 5 rings (SSSR count). The van der Waals surface area contributed by atoms with Crippen molar-refractivity contribution in [2.75, 3.05) is 39.5 Å². The average molecular weight is 526 g/mol. The van der Waals surface area contributed by atoms with Gasteiger partial charge in [0.05, 0.1) is 31.6 Å². The lowest BCUT2D eigenvalue weighted by atomic mass is 9.74. The van der Waals surface area contributed by atoms with Gasteiger partial charge in [-0.05, 0) is 57.4 Å². The van der Waals surface area contributed by atoms with Crippen LogP contribution in [-0.4, -0.2) is 86.2 Å². The number of fused-ring (bicyclic) bond motifs is 1. The molecule has 6 N–H and O–H groups in total. The van der Waals surface area contributed by atoms with E-state index in [0.29, 0.717) is 36.7 Å². The standard InChI is InChI=1S/C26H48ClN7O2/c1-2-11-34-24(32-33-25(34)22-9-10-28-16-30-22)13-29-18-6-3-5-17(12-18)26(35)31-23-15-36-14-20-19(23)7-4-8-21(20)27/h17-25,28-30,32-33H,2-16H2,1H3,(H,31,35)/t17?,18?,19?,20?,21?,22?,23-,24?,25?/m1/s1. The van der Waals surface area contributed by atoms with Crippen molar-refractivity contribution in [3.05, 3.63) is 0 Å². The van der Waals surface area contributed by atoms with E-state index < -0.39 is 0 Å². The van der Waals surface area contributed by atoms with Crippen LogP contribution in [0.15, 0.2) is 0 Å². The van der Waals surface area contributed by atoms with Crippen LogP contribution in [0, 0.1) is 17.8 Å². The van der Waals surface area contributed by atoms with E-state index in [1.807, 2.05) is 0 Å². The van der Waals surface area contributed by atoms with Crippen molar-refractivity contribution in [3.63, 3.8) is 0 Å². The fourth-order valence-electron chi connectivity index (χ4n) is 7.28. The van der Waals surface area contributed by atoms with Crippen LogP contribution in [0.3, 0.4) is 0 Å². The highest BCUT2D eigenvalue weighted by Crippen LogP contribution is 2.38. The first-order valence-electron chi connectivity index (χ1n) is 14.6. The maximum atomic E-state index is 13.3. The van der Waals surface area contributed by atoms with Gasteiger partial charge in [0.1, 0.15) is 0 Å². The van der Waals surface area contributed by atoms with Crippen LogP contribution in [0.5, 0.6) is 0 Å². The van der Waals surface area contributed by atoms with Crippen LogP contribution >= 0.6 is 11.6 Å². The molecule has 3 heterocycles. The fourth-order valence-corrected chi connectivity index (χ4v) is 7.70. The number of alkyl halides is 1. The zero-order chi connectivity index (χ0) is 24.9. The molecule has 3 saturated heterocycles. The molecule has 2 saturated carbocycles. The summed E-state index contributed by atoms with van der Waals surface area (Å²) in [7, 11) is 0. The van der Waals surface area contributed by atoms with Crippen molar-refractivity contribution in [2.24, 2.45) is 17.8 Å². The van der Waals surface area contributed by atoms with Gasteiger partial charge in [0.15, 0.2) is 0 Å². The number of nitrogens with one attached hydrogen (secondary N) is 6. The Labute approximate surface area is 221 Å². The van der Waals surface area contributed by atoms with E-state index in [2.05, 4.69) is 43.9 Å². The summed E-state index contributed by atoms with van der Waals surface area (Å²) < 4.78 is 5.87. The summed E-state index contributed by atoms with van der Waals surface area (Å²) >= 11 is 6.61. The summed E-state index contributed by atoms with van der Waals surface area (Å²) in [5.41, 5.74) is 7.10. The molecule has 36 heavy (non-hydrogen) atoms.